The summed E-state index contributed by atoms with van der Waals surface area (Å²) in [5, 5.41) is 1.00. The van der Waals surface area contributed by atoms with Crippen LogP contribution in [0.3, 0.4) is 0 Å². The van der Waals surface area contributed by atoms with Gasteiger partial charge in [0, 0.05) is 23.7 Å². The maximum Gasteiger partial charge on any atom is 0.268 e. The second-order valence-electron chi connectivity index (χ2n) is 4.86. The Morgan fingerprint density at radius 3 is 2.50 bits per heavy atom. The highest BCUT2D eigenvalue weighted by atomic mass is 32.2. The number of thioether (sulfide) groups is 2. The number of thiocarbonyl (C=S) groups is 1. The molecule has 1 aromatic carbocycles. The molecule has 2 heterocycles. The molecule has 0 aliphatic carbocycles. The monoisotopic (exact) mass is 368 g/mol. The lowest BCUT2D eigenvalue weighted by Gasteiger charge is -2.19. The number of fused-ring (bicyclic) bond motifs is 1. The van der Waals surface area contributed by atoms with Gasteiger partial charge in [0.15, 0.2) is 0 Å². The number of carbonyl (C=O) groups is 1. The van der Waals surface area contributed by atoms with Gasteiger partial charge in [0.25, 0.3) is 5.91 Å². The fourth-order valence-corrected chi connectivity index (χ4v) is 5.45. The van der Waals surface area contributed by atoms with Crippen LogP contribution in [0.4, 0.5) is 5.69 Å². The van der Waals surface area contributed by atoms with E-state index in [2.05, 4.69) is 42.7 Å². The SMILES string of the molecule is CCN1C(=O)C(=C2Sc3ccc(CS)cc3N2CC)SC1=S. The fourth-order valence-electron chi connectivity index (χ4n) is 2.51. The number of carbonyl (C=O) groups excluding carboxylic acids is 1. The first kappa shape index (κ1) is 16.2. The second-order valence-corrected chi connectivity index (χ2v) is 7.85. The quantitative estimate of drug-likeness (QED) is 0.492. The molecule has 7 heteroatoms. The Balaban J connectivity index is 2.05. The minimum absolute atomic E-state index is 0.0284. The summed E-state index contributed by atoms with van der Waals surface area (Å²) in [6.45, 7) is 5.49. The molecule has 22 heavy (non-hydrogen) atoms. The second kappa shape index (κ2) is 6.47. The lowest BCUT2D eigenvalue weighted by molar-refractivity contribution is -0.122. The number of rotatable bonds is 3. The van der Waals surface area contributed by atoms with Crippen molar-refractivity contribution in [1.82, 2.24) is 4.90 Å². The topological polar surface area (TPSA) is 23.6 Å². The zero-order valence-corrected chi connectivity index (χ0v) is 15.7. The van der Waals surface area contributed by atoms with Crippen molar-refractivity contribution in [2.24, 2.45) is 0 Å². The van der Waals surface area contributed by atoms with E-state index >= 15 is 0 Å². The van der Waals surface area contributed by atoms with E-state index in [1.165, 1.54) is 22.2 Å². The Labute approximate surface area is 149 Å². The number of benzene rings is 1. The number of anilines is 1. The first-order chi connectivity index (χ1) is 10.6. The number of thiol groups is 1. The van der Waals surface area contributed by atoms with E-state index in [9.17, 15) is 4.79 Å². The summed E-state index contributed by atoms with van der Waals surface area (Å²) in [6, 6.07) is 6.36. The molecule has 1 saturated heterocycles. The summed E-state index contributed by atoms with van der Waals surface area (Å²) in [4.78, 5) is 18.4. The molecule has 1 amide bonds. The Kier molecular flexibility index (Phi) is 4.77. The van der Waals surface area contributed by atoms with E-state index in [0.29, 0.717) is 16.6 Å². The Morgan fingerprint density at radius 2 is 1.91 bits per heavy atom. The normalized spacial score (nSPS) is 21.0. The van der Waals surface area contributed by atoms with Crippen LogP contribution in [0.25, 0.3) is 0 Å². The molecule has 0 saturated carbocycles. The summed E-state index contributed by atoms with van der Waals surface area (Å²) in [5.74, 6) is 0.739. The van der Waals surface area contributed by atoms with Gasteiger partial charge in [-0.25, -0.2) is 0 Å². The van der Waals surface area contributed by atoms with E-state index in [0.717, 1.165) is 22.2 Å². The molecule has 3 rings (SSSR count). The van der Waals surface area contributed by atoms with Crippen molar-refractivity contribution in [3.8, 4) is 0 Å². The van der Waals surface area contributed by atoms with E-state index < -0.39 is 0 Å². The van der Waals surface area contributed by atoms with Gasteiger partial charge in [-0.15, -0.1) is 0 Å². The van der Waals surface area contributed by atoms with Crippen molar-refractivity contribution >= 4 is 64.3 Å². The number of nitrogens with zero attached hydrogens (tertiary/aromatic N) is 2. The summed E-state index contributed by atoms with van der Waals surface area (Å²) >= 11 is 12.7. The van der Waals surface area contributed by atoms with Gasteiger partial charge in [-0.05, 0) is 31.5 Å². The van der Waals surface area contributed by atoms with Crippen LogP contribution in [0.2, 0.25) is 0 Å². The lowest BCUT2D eigenvalue weighted by atomic mass is 10.2. The third-order valence-corrected chi connectivity index (χ3v) is 6.74. The Hall–Kier alpha value is -0.630. The predicted octanol–water partition coefficient (Wildman–Crippen LogP) is 4.10. The molecule has 0 atom stereocenters. The van der Waals surface area contributed by atoms with Gasteiger partial charge in [0.1, 0.15) is 14.3 Å². The molecule has 0 radical (unpaired) electrons. The average molecular weight is 369 g/mol. The van der Waals surface area contributed by atoms with Crippen LogP contribution in [0.5, 0.6) is 0 Å². The molecule has 1 aromatic rings. The molecule has 2 aliphatic rings. The highest BCUT2D eigenvalue weighted by molar-refractivity contribution is 8.27. The molecular weight excluding hydrogens is 352 g/mol. The van der Waals surface area contributed by atoms with Crippen molar-refractivity contribution < 1.29 is 4.79 Å². The highest BCUT2D eigenvalue weighted by Gasteiger charge is 2.38. The summed E-state index contributed by atoms with van der Waals surface area (Å²) in [6.07, 6.45) is 0. The van der Waals surface area contributed by atoms with Crippen LogP contribution in [-0.4, -0.2) is 28.2 Å². The van der Waals surface area contributed by atoms with Crippen LogP contribution in [-0.2, 0) is 10.5 Å². The van der Waals surface area contributed by atoms with Crippen molar-refractivity contribution in [3.63, 3.8) is 0 Å². The van der Waals surface area contributed by atoms with Crippen LogP contribution in [0, 0.1) is 0 Å². The van der Waals surface area contributed by atoms with Crippen LogP contribution in [0.15, 0.2) is 33.0 Å². The standard InChI is InChI=1S/C15H16N2OS4/c1-3-16-10-7-9(8-19)5-6-11(10)21-14(16)12-13(18)17(4-2)15(20)22-12/h5-7,19H,3-4,8H2,1-2H3. The zero-order valence-electron chi connectivity index (χ0n) is 12.3. The Bertz CT molecular complexity index is 686. The van der Waals surface area contributed by atoms with Gasteiger partial charge < -0.3 is 4.90 Å². The van der Waals surface area contributed by atoms with Gasteiger partial charge >= 0.3 is 0 Å². The first-order valence-electron chi connectivity index (χ1n) is 7.07. The molecule has 0 spiro atoms. The maximum absolute atomic E-state index is 12.6. The van der Waals surface area contributed by atoms with E-state index in [1.807, 2.05) is 6.92 Å². The van der Waals surface area contributed by atoms with Crippen molar-refractivity contribution in [2.75, 3.05) is 18.0 Å². The third kappa shape index (κ3) is 2.58. The number of hydrogen-bond acceptors (Lipinski definition) is 6. The Morgan fingerprint density at radius 1 is 1.18 bits per heavy atom. The summed E-state index contributed by atoms with van der Waals surface area (Å²) in [5.41, 5.74) is 2.35. The molecule has 116 valence electrons. The molecule has 0 bridgehead atoms. The molecular formula is C15H16N2OS4. The van der Waals surface area contributed by atoms with Gasteiger partial charge in [0.2, 0.25) is 0 Å². The first-order valence-corrected chi connectivity index (χ1v) is 9.75. The largest absolute Gasteiger partial charge is 0.334 e. The number of hydrogen-bond donors (Lipinski definition) is 1. The third-order valence-electron chi connectivity index (χ3n) is 3.62. The zero-order chi connectivity index (χ0) is 15.9. The molecule has 0 unspecified atom stereocenters. The van der Waals surface area contributed by atoms with E-state index in [4.69, 9.17) is 12.2 Å². The van der Waals surface area contributed by atoms with Crippen LogP contribution < -0.4 is 4.90 Å². The average Bonchev–Trinajstić information content (AvgIpc) is 3.03. The van der Waals surface area contributed by atoms with Crippen LogP contribution in [0.1, 0.15) is 19.4 Å². The molecule has 0 N–H and O–H groups in total. The predicted molar refractivity (Wildman–Crippen MR) is 103 cm³/mol. The molecule has 2 aliphatic heterocycles. The van der Waals surface area contributed by atoms with Gasteiger partial charge in [-0.3, -0.25) is 9.69 Å². The van der Waals surface area contributed by atoms with Gasteiger partial charge in [0.05, 0.1) is 5.69 Å². The van der Waals surface area contributed by atoms with E-state index in [-0.39, 0.29) is 5.91 Å². The minimum Gasteiger partial charge on any atom is -0.334 e. The van der Waals surface area contributed by atoms with Crippen molar-refractivity contribution in [3.05, 3.63) is 33.7 Å². The van der Waals surface area contributed by atoms with Gasteiger partial charge in [-0.1, -0.05) is 41.8 Å². The lowest BCUT2D eigenvalue weighted by Crippen LogP contribution is -2.28. The number of amides is 1. The minimum atomic E-state index is 0.0284. The highest BCUT2D eigenvalue weighted by Crippen LogP contribution is 2.50. The van der Waals surface area contributed by atoms with Gasteiger partial charge in [-0.2, -0.15) is 12.6 Å². The molecule has 0 aromatic heterocycles. The molecule has 3 nitrogen and oxygen atoms in total. The number of likely N-dealkylation sites (N-methyl/N-ethyl adjacent to an activating group) is 1. The molecule has 1 fully saturated rings. The van der Waals surface area contributed by atoms with Crippen molar-refractivity contribution in [2.45, 2.75) is 24.5 Å². The van der Waals surface area contributed by atoms with Crippen molar-refractivity contribution in [1.29, 1.82) is 0 Å². The smallest absolute Gasteiger partial charge is 0.268 e. The summed E-state index contributed by atoms with van der Waals surface area (Å²) < 4.78 is 0.652. The summed E-state index contributed by atoms with van der Waals surface area (Å²) in [7, 11) is 0. The van der Waals surface area contributed by atoms with E-state index in [1.54, 1.807) is 16.7 Å². The fraction of sp³-hybridized carbons (Fsp3) is 0.333. The maximum atomic E-state index is 12.6. The van der Waals surface area contributed by atoms with Crippen LogP contribution >= 0.6 is 48.4 Å².